The van der Waals surface area contributed by atoms with Crippen molar-refractivity contribution in [2.24, 2.45) is 0 Å². The molecule has 0 bridgehead atoms. The van der Waals surface area contributed by atoms with Gasteiger partial charge in [-0.05, 0) is 44.4 Å². The summed E-state index contributed by atoms with van der Waals surface area (Å²) in [5, 5.41) is 0.827. The van der Waals surface area contributed by atoms with Crippen LogP contribution >= 0.6 is 11.8 Å². The number of methoxy groups -OCH3 is 1. The van der Waals surface area contributed by atoms with Crippen LogP contribution in [-0.4, -0.2) is 53.4 Å². The van der Waals surface area contributed by atoms with Crippen molar-refractivity contribution in [1.29, 1.82) is 0 Å². The number of anilines is 1. The molecule has 0 N–H and O–H groups in total. The van der Waals surface area contributed by atoms with Gasteiger partial charge in [0.1, 0.15) is 5.75 Å². The third-order valence-corrected chi connectivity index (χ3v) is 5.21. The molecule has 25 heavy (non-hydrogen) atoms. The Morgan fingerprint density at radius 2 is 1.80 bits per heavy atom. The van der Waals surface area contributed by atoms with E-state index in [4.69, 9.17) is 4.74 Å². The Morgan fingerprint density at radius 1 is 1.12 bits per heavy atom. The predicted octanol–water partition coefficient (Wildman–Crippen LogP) is 3.31. The lowest BCUT2D eigenvalue weighted by atomic mass is 9.97. The summed E-state index contributed by atoms with van der Waals surface area (Å²) in [6.07, 6.45) is 5.89. The molecule has 1 saturated heterocycles. The third kappa shape index (κ3) is 4.25. The molecule has 0 radical (unpaired) electrons. The van der Waals surface area contributed by atoms with Crippen LogP contribution in [0.4, 0.5) is 5.69 Å². The highest BCUT2D eigenvalue weighted by molar-refractivity contribution is 7.98. The minimum absolute atomic E-state index is 0.0624. The monoisotopic (exact) mass is 358 g/mol. The average molecular weight is 359 g/mol. The molecule has 0 atom stereocenters. The highest BCUT2D eigenvalue weighted by Crippen LogP contribution is 2.29. The summed E-state index contributed by atoms with van der Waals surface area (Å²) in [6.45, 7) is 8.54. The number of rotatable bonds is 5. The Hall–Kier alpha value is -1.79. The molecule has 0 aliphatic carbocycles. The lowest BCUT2D eigenvalue weighted by Crippen LogP contribution is -2.59. The van der Waals surface area contributed by atoms with Gasteiger partial charge in [-0.15, -0.1) is 0 Å². The van der Waals surface area contributed by atoms with Crippen LogP contribution in [0.25, 0.3) is 0 Å². The number of nitrogens with zero attached hydrogens (tertiary/aromatic N) is 4. The van der Waals surface area contributed by atoms with Gasteiger partial charge in [-0.3, -0.25) is 4.90 Å². The van der Waals surface area contributed by atoms with Crippen molar-refractivity contribution in [2.75, 3.05) is 37.9 Å². The number of hydrogen-bond acceptors (Lipinski definition) is 6. The smallest absolute Gasteiger partial charge is 0.187 e. The average Bonchev–Trinajstić information content (AvgIpc) is 2.62. The summed E-state index contributed by atoms with van der Waals surface area (Å²) >= 11 is 1.57. The van der Waals surface area contributed by atoms with Gasteiger partial charge in [0, 0.05) is 55.4 Å². The van der Waals surface area contributed by atoms with E-state index in [9.17, 15) is 0 Å². The molecular formula is C19H26N4OS. The molecule has 6 heteroatoms. The topological polar surface area (TPSA) is 41.5 Å². The Balaban J connectivity index is 1.66. The maximum Gasteiger partial charge on any atom is 0.187 e. The molecule has 2 heterocycles. The number of ether oxygens (including phenoxy) is 1. The van der Waals surface area contributed by atoms with Crippen molar-refractivity contribution in [3.63, 3.8) is 0 Å². The Kier molecular flexibility index (Phi) is 5.49. The van der Waals surface area contributed by atoms with Crippen LogP contribution < -0.4 is 9.64 Å². The zero-order valence-corrected chi connectivity index (χ0v) is 16.2. The van der Waals surface area contributed by atoms with Crippen molar-refractivity contribution in [3.8, 4) is 5.75 Å². The number of benzene rings is 1. The van der Waals surface area contributed by atoms with E-state index in [1.807, 2.05) is 30.8 Å². The van der Waals surface area contributed by atoms with E-state index in [2.05, 4.69) is 45.7 Å². The molecule has 0 amide bonds. The van der Waals surface area contributed by atoms with Gasteiger partial charge in [0.05, 0.1) is 7.11 Å². The molecule has 1 aromatic heterocycles. The molecule has 0 spiro atoms. The first-order chi connectivity index (χ1) is 12.0. The van der Waals surface area contributed by atoms with Gasteiger partial charge in [-0.25, -0.2) is 9.97 Å². The van der Waals surface area contributed by atoms with Gasteiger partial charge in [0.15, 0.2) is 5.16 Å². The number of thioether (sulfide) groups is 1. The highest BCUT2D eigenvalue weighted by Gasteiger charge is 2.33. The lowest BCUT2D eigenvalue weighted by molar-refractivity contribution is 0.175. The maximum absolute atomic E-state index is 5.27. The van der Waals surface area contributed by atoms with Crippen LogP contribution in [-0.2, 0) is 6.54 Å². The van der Waals surface area contributed by atoms with Crippen LogP contribution in [0.3, 0.4) is 0 Å². The van der Waals surface area contributed by atoms with Crippen LogP contribution in [0.2, 0.25) is 0 Å². The fourth-order valence-corrected chi connectivity index (χ4v) is 3.74. The first-order valence-corrected chi connectivity index (χ1v) is 9.73. The summed E-state index contributed by atoms with van der Waals surface area (Å²) in [5.41, 5.74) is 2.48. The molecule has 1 fully saturated rings. The fourth-order valence-electron chi connectivity index (χ4n) is 3.42. The zero-order valence-electron chi connectivity index (χ0n) is 15.4. The second kappa shape index (κ2) is 7.62. The van der Waals surface area contributed by atoms with E-state index in [1.54, 1.807) is 18.9 Å². The number of hydrogen-bond donors (Lipinski definition) is 0. The minimum Gasteiger partial charge on any atom is -0.497 e. The van der Waals surface area contributed by atoms with E-state index in [0.717, 1.165) is 37.1 Å². The van der Waals surface area contributed by atoms with Crippen LogP contribution in [0, 0.1) is 0 Å². The first kappa shape index (κ1) is 18.0. The van der Waals surface area contributed by atoms with Gasteiger partial charge in [-0.2, -0.15) is 0 Å². The standard InChI is InChI=1S/C19H26N4OS/c1-19(2)14-22(13-15-11-20-18(25-4)21-12-15)9-10-23(19)16-5-7-17(24-3)8-6-16/h5-8,11-12H,9-10,13-14H2,1-4H3. The molecule has 1 aliphatic rings. The Bertz CT molecular complexity index is 688. The summed E-state index contributed by atoms with van der Waals surface area (Å²) in [7, 11) is 1.70. The van der Waals surface area contributed by atoms with Gasteiger partial charge in [0.25, 0.3) is 0 Å². The third-order valence-electron chi connectivity index (χ3n) is 4.64. The van der Waals surface area contributed by atoms with Gasteiger partial charge in [0.2, 0.25) is 0 Å². The van der Waals surface area contributed by atoms with Crippen LogP contribution in [0.1, 0.15) is 19.4 Å². The SMILES string of the molecule is COc1ccc(N2CCN(Cc3cnc(SC)nc3)CC2(C)C)cc1. The Labute approximate surface area is 154 Å². The van der Waals surface area contributed by atoms with Crippen molar-refractivity contribution >= 4 is 17.4 Å². The predicted molar refractivity (Wildman–Crippen MR) is 104 cm³/mol. The van der Waals surface area contributed by atoms with E-state index in [1.165, 1.54) is 11.3 Å². The molecule has 134 valence electrons. The number of piperazine rings is 1. The van der Waals surface area contributed by atoms with Crippen molar-refractivity contribution in [2.45, 2.75) is 31.1 Å². The maximum atomic E-state index is 5.27. The molecule has 0 saturated carbocycles. The molecule has 5 nitrogen and oxygen atoms in total. The van der Waals surface area contributed by atoms with Gasteiger partial charge >= 0.3 is 0 Å². The quantitative estimate of drug-likeness (QED) is 0.603. The van der Waals surface area contributed by atoms with E-state index in [-0.39, 0.29) is 5.54 Å². The molecule has 1 aliphatic heterocycles. The van der Waals surface area contributed by atoms with Crippen molar-refractivity contribution < 1.29 is 4.74 Å². The lowest BCUT2D eigenvalue weighted by Gasteiger charge is -2.48. The van der Waals surface area contributed by atoms with Gasteiger partial charge in [-0.1, -0.05) is 11.8 Å². The molecule has 2 aromatic rings. The van der Waals surface area contributed by atoms with Crippen molar-refractivity contribution in [1.82, 2.24) is 14.9 Å². The van der Waals surface area contributed by atoms with Crippen molar-refractivity contribution in [3.05, 3.63) is 42.2 Å². The van der Waals surface area contributed by atoms with E-state index < -0.39 is 0 Å². The number of aromatic nitrogens is 2. The van der Waals surface area contributed by atoms with E-state index in [0.29, 0.717) is 0 Å². The Morgan fingerprint density at radius 3 is 2.36 bits per heavy atom. The fraction of sp³-hybridized carbons (Fsp3) is 0.474. The molecular weight excluding hydrogens is 332 g/mol. The molecule has 0 unspecified atom stereocenters. The van der Waals surface area contributed by atoms with Crippen LogP contribution in [0.5, 0.6) is 5.75 Å². The summed E-state index contributed by atoms with van der Waals surface area (Å²) in [6, 6.07) is 8.35. The summed E-state index contributed by atoms with van der Waals surface area (Å²) < 4.78 is 5.27. The van der Waals surface area contributed by atoms with E-state index >= 15 is 0 Å². The normalized spacial score (nSPS) is 17.5. The minimum atomic E-state index is 0.0624. The molecule has 3 rings (SSSR count). The zero-order chi connectivity index (χ0) is 17.9. The highest BCUT2D eigenvalue weighted by atomic mass is 32.2. The van der Waals surface area contributed by atoms with Gasteiger partial charge < -0.3 is 9.64 Å². The first-order valence-electron chi connectivity index (χ1n) is 8.51. The van der Waals surface area contributed by atoms with Crippen LogP contribution in [0.15, 0.2) is 41.8 Å². The second-order valence-corrected chi connectivity index (χ2v) is 7.72. The molecule has 1 aromatic carbocycles. The summed E-state index contributed by atoms with van der Waals surface area (Å²) in [5.74, 6) is 0.897. The second-order valence-electron chi connectivity index (χ2n) is 6.95. The largest absolute Gasteiger partial charge is 0.497 e. The summed E-state index contributed by atoms with van der Waals surface area (Å²) in [4.78, 5) is 13.7.